The molecule has 1 saturated carbocycles. The molecule has 0 bridgehead atoms. The predicted octanol–water partition coefficient (Wildman–Crippen LogP) is 4.55. The molecule has 1 aliphatic carbocycles. The van der Waals surface area contributed by atoms with Crippen molar-refractivity contribution in [1.29, 1.82) is 0 Å². The summed E-state index contributed by atoms with van der Waals surface area (Å²) in [6, 6.07) is 0.518. The molecule has 1 aromatic heterocycles. The van der Waals surface area contributed by atoms with Crippen LogP contribution in [0.15, 0.2) is 0 Å². The normalized spacial score (nSPS) is 18.5. The van der Waals surface area contributed by atoms with Gasteiger partial charge in [0.05, 0.1) is 15.3 Å². The first kappa shape index (κ1) is 15.1. The topological polar surface area (TPSA) is 43.8 Å². The van der Waals surface area contributed by atoms with Gasteiger partial charge in [0.1, 0.15) is 5.82 Å². The van der Waals surface area contributed by atoms with Gasteiger partial charge in [-0.2, -0.15) is 5.10 Å². The van der Waals surface area contributed by atoms with Crippen LogP contribution in [-0.4, -0.2) is 9.78 Å². The quantitative estimate of drug-likeness (QED) is 0.609. The lowest BCUT2D eigenvalue weighted by Crippen LogP contribution is -2.14. The van der Waals surface area contributed by atoms with Gasteiger partial charge in [-0.3, -0.25) is 0 Å². The zero-order valence-electron chi connectivity index (χ0n) is 12.4. The average molecular weight is 375 g/mol. The Kier molecular flexibility index (Phi) is 4.79. The van der Waals surface area contributed by atoms with Crippen LogP contribution in [0.25, 0.3) is 0 Å². The first-order valence-corrected chi connectivity index (χ1v) is 8.49. The Morgan fingerprint density at radius 1 is 1.21 bits per heavy atom. The molecule has 108 valence electrons. The van der Waals surface area contributed by atoms with Crippen molar-refractivity contribution in [2.75, 3.05) is 5.73 Å². The third-order valence-electron chi connectivity index (χ3n) is 3.82. The fraction of sp³-hybridized carbons (Fsp3) is 0.800. The first-order valence-electron chi connectivity index (χ1n) is 7.41. The number of hydrogen-bond acceptors (Lipinski definition) is 2. The molecular formula is C15H26IN3. The van der Waals surface area contributed by atoms with Crippen LogP contribution in [0.5, 0.6) is 0 Å². The molecule has 0 amide bonds. The maximum atomic E-state index is 6.30. The molecule has 3 nitrogen and oxygen atoms in total. The average Bonchev–Trinajstić information content (AvgIpc) is 2.57. The van der Waals surface area contributed by atoms with Gasteiger partial charge in [-0.15, -0.1) is 0 Å². The summed E-state index contributed by atoms with van der Waals surface area (Å²) >= 11 is 2.36. The lowest BCUT2D eigenvalue weighted by Gasteiger charge is -2.17. The van der Waals surface area contributed by atoms with Gasteiger partial charge < -0.3 is 5.73 Å². The zero-order chi connectivity index (χ0) is 14.0. The van der Waals surface area contributed by atoms with Crippen molar-refractivity contribution < 1.29 is 0 Å². The van der Waals surface area contributed by atoms with E-state index in [-0.39, 0.29) is 5.41 Å². The molecule has 4 heteroatoms. The number of aromatic nitrogens is 2. The summed E-state index contributed by atoms with van der Waals surface area (Å²) in [6.07, 6.45) is 8.82. The smallest absolute Gasteiger partial charge is 0.135 e. The summed E-state index contributed by atoms with van der Waals surface area (Å²) < 4.78 is 3.28. The van der Waals surface area contributed by atoms with Gasteiger partial charge in [0.15, 0.2) is 0 Å². The van der Waals surface area contributed by atoms with Gasteiger partial charge in [-0.25, -0.2) is 4.68 Å². The van der Waals surface area contributed by atoms with Crippen LogP contribution in [0.4, 0.5) is 5.82 Å². The fourth-order valence-corrected chi connectivity index (χ4v) is 3.42. The number of anilines is 1. The second-order valence-electron chi connectivity index (χ2n) is 6.97. The van der Waals surface area contributed by atoms with Crippen molar-refractivity contribution in [3.05, 3.63) is 9.26 Å². The lowest BCUT2D eigenvalue weighted by atomic mass is 9.91. The number of nitrogens with two attached hydrogens (primary N) is 1. The maximum absolute atomic E-state index is 6.30. The summed E-state index contributed by atoms with van der Waals surface area (Å²) in [6.45, 7) is 6.76. The predicted molar refractivity (Wildman–Crippen MR) is 89.3 cm³/mol. The van der Waals surface area contributed by atoms with Gasteiger partial charge in [-0.05, 0) is 47.3 Å². The zero-order valence-corrected chi connectivity index (χ0v) is 14.5. The second-order valence-corrected chi connectivity index (χ2v) is 8.05. The molecule has 0 aliphatic heterocycles. The summed E-state index contributed by atoms with van der Waals surface area (Å²) in [5.41, 5.74) is 7.73. The molecule has 0 saturated heterocycles. The number of hydrogen-bond donors (Lipinski definition) is 1. The van der Waals surface area contributed by atoms with Crippen molar-refractivity contribution in [3.63, 3.8) is 0 Å². The van der Waals surface area contributed by atoms with Gasteiger partial charge in [0.2, 0.25) is 0 Å². The van der Waals surface area contributed by atoms with E-state index in [4.69, 9.17) is 10.8 Å². The fourth-order valence-electron chi connectivity index (χ4n) is 2.87. The molecule has 0 radical (unpaired) electrons. The van der Waals surface area contributed by atoms with Crippen LogP contribution in [0, 0.1) is 8.99 Å². The van der Waals surface area contributed by atoms with Crippen LogP contribution >= 0.6 is 22.6 Å². The summed E-state index contributed by atoms with van der Waals surface area (Å²) in [5.74, 6) is 0.881. The first-order chi connectivity index (χ1) is 8.88. The number of nitrogens with zero attached hydrogens (tertiary/aromatic N) is 2. The molecule has 1 aromatic rings. The molecule has 19 heavy (non-hydrogen) atoms. The number of halogens is 1. The number of nitrogen functional groups attached to an aromatic ring is 1. The Labute approximate surface area is 130 Å². The van der Waals surface area contributed by atoms with Crippen LogP contribution in [-0.2, 0) is 6.42 Å². The van der Waals surface area contributed by atoms with Gasteiger partial charge in [-0.1, -0.05) is 46.5 Å². The van der Waals surface area contributed by atoms with Gasteiger partial charge >= 0.3 is 0 Å². The molecule has 0 atom stereocenters. The van der Waals surface area contributed by atoms with E-state index in [1.54, 1.807) is 0 Å². The summed E-state index contributed by atoms with van der Waals surface area (Å²) in [7, 11) is 0. The SMILES string of the molecule is CC(C)(C)Cc1nn(C2CCCCCC2)c(N)c1I. The van der Waals surface area contributed by atoms with Crippen LogP contribution in [0.2, 0.25) is 0 Å². The van der Waals surface area contributed by atoms with Gasteiger partial charge in [0, 0.05) is 0 Å². The maximum Gasteiger partial charge on any atom is 0.135 e. The highest BCUT2D eigenvalue weighted by Gasteiger charge is 2.23. The molecule has 2 rings (SSSR count). The van der Waals surface area contributed by atoms with E-state index in [0.29, 0.717) is 6.04 Å². The Hall–Kier alpha value is -0.260. The van der Waals surface area contributed by atoms with Crippen molar-refractivity contribution in [2.45, 2.75) is 71.8 Å². The van der Waals surface area contributed by atoms with E-state index in [1.165, 1.54) is 44.2 Å². The minimum absolute atomic E-state index is 0.259. The second kappa shape index (κ2) is 6.02. The van der Waals surface area contributed by atoms with Crippen molar-refractivity contribution in [1.82, 2.24) is 9.78 Å². The van der Waals surface area contributed by atoms with E-state index in [1.807, 2.05) is 0 Å². The Bertz CT molecular complexity index is 423. The molecule has 1 heterocycles. The van der Waals surface area contributed by atoms with E-state index in [0.717, 1.165) is 15.8 Å². The van der Waals surface area contributed by atoms with Crippen LogP contribution in [0.1, 0.15) is 71.0 Å². The molecule has 0 unspecified atom stereocenters. The standard InChI is InChI=1S/C15H26IN3/c1-15(2,3)10-12-13(16)14(17)19(18-12)11-8-6-4-5-7-9-11/h11H,4-10,17H2,1-3H3. The third kappa shape index (κ3) is 3.86. The molecular weight excluding hydrogens is 349 g/mol. The van der Waals surface area contributed by atoms with E-state index < -0.39 is 0 Å². The molecule has 2 N–H and O–H groups in total. The largest absolute Gasteiger partial charge is 0.383 e. The van der Waals surface area contributed by atoms with Crippen LogP contribution in [0.3, 0.4) is 0 Å². The minimum atomic E-state index is 0.259. The molecule has 0 aromatic carbocycles. The van der Waals surface area contributed by atoms with Crippen LogP contribution < -0.4 is 5.73 Å². The minimum Gasteiger partial charge on any atom is -0.383 e. The Morgan fingerprint density at radius 2 is 1.79 bits per heavy atom. The highest BCUT2D eigenvalue weighted by molar-refractivity contribution is 14.1. The highest BCUT2D eigenvalue weighted by Crippen LogP contribution is 2.33. The number of rotatable bonds is 2. The van der Waals surface area contributed by atoms with Crippen molar-refractivity contribution in [2.24, 2.45) is 5.41 Å². The monoisotopic (exact) mass is 375 g/mol. The third-order valence-corrected chi connectivity index (χ3v) is 5.00. The summed E-state index contributed by atoms with van der Waals surface area (Å²) in [5, 5.41) is 4.84. The Balaban J connectivity index is 2.23. The molecule has 0 spiro atoms. The highest BCUT2D eigenvalue weighted by atomic mass is 127. The van der Waals surface area contributed by atoms with E-state index in [2.05, 4.69) is 48.0 Å². The van der Waals surface area contributed by atoms with Gasteiger partial charge in [0.25, 0.3) is 0 Å². The van der Waals surface area contributed by atoms with E-state index >= 15 is 0 Å². The molecule has 1 aliphatic rings. The van der Waals surface area contributed by atoms with Crippen molar-refractivity contribution >= 4 is 28.4 Å². The van der Waals surface area contributed by atoms with Crippen molar-refractivity contribution in [3.8, 4) is 0 Å². The Morgan fingerprint density at radius 3 is 2.32 bits per heavy atom. The lowest BCUT2D eigenvalue weighted by molar-refractivity contribution is 0.384. The van der Waals surface area contributed by atoms with E-state index in [9.17, 15) is 0 Å². The molecule has 1 fully saturated rings. The summed E-state index contributed by atoms with van der Waals surface area (Å²) in [4.78, 5) is 0.